The number of halogens is 2. The van der Waals surface area contributed by atoms with Crippen LogP contribution in [0.4, 0.5) is 0 Å². The summed E-state index contributed by atoms with van der Waals surface area (Å²) in [6.07, 6.45) is 4.47. The van der Waals surface area contributed by atoms with Gasteiger partial charge in [-0.25, -0.2) is 8.42 Å². The first-order valence-corrected chi connectivity index (χ1v) is 9.90. The maximum absolute atomic E-state index is 12.2. The van der Waals surface area contributed by atoms with E-state index in [2.05, 4.69) is 28.2 Å². The van der Waals surface area contributed by atoms with Gasteiger partial charge >= 0.3 is 0 Å². The van der Waals surface area contributed by atoms with E-state index in [1.807, 2.05) is 0 Å². The largest absolute Gasteiger partial charge is 0.351 e. The fourth-order valence-corrected chi connectivity index (χ4v) is 3.62. The van der Waals surface area contributed by atoms with Gasteiger partial charge in [0, 0.05) is 21.7 Å². The van der Waals surface area contributed by atoms with Gasteiger partial charge in [0.1, 0.15) is 0 Å². The third-order valence-corrected chi connectivity index (χ3v) is 5.87. The molecular weight excluding hydrogens is 378 g/mol. The Morgan fingerprint density at radius 2 is 2.10 bits per heavy atom. The molecule has 0 aromatic heterocycles. The quantitative estimate of drug-likeness (QED) is 0.749. The van der Waals surface area contributed by atoms with E-state index >= 15 is 0 Å². The zero-order chi connectivity index (χ0) is 15.7. The highest BCUT2D eigenvalue weighted by Gasteiger charge is 2.41. The lowest BCUT2D eigenvalue weighted by atomic mass is 10.0. The van der Waals surface area contributed by atoms with Gasteiger partial charge in [-0.2, -0.15) is 0 Å². The van der Waals surface area contributed by atoms with Crippen LogP contribution in [0.5, 0.6) is 0 Å². The lowest BCUT2D eigenvalue weighted by molar-refractivity contribution is 0.0942. The molecule has 0 radical (unpaired) electrons. The smallest absolute Gasteiger partial charge is 0.261 e. The molecule has 1 aromatic carbocycles. The van der Waals surface area contributed by atoms with Crippen LogP contribution in [0, 0.1) is 5.41 Å². The molecule has 0 spiro atoms. The summed E-state index contributed by atoms with van der Waals surface area (Å²) in [6.45, 7) is 2.76. The fraction of sp³-hybridized carbons (Fsp3) is 0.500. The van der Waals surface area contributed by atoms with Gasteiger partial charge in [-0.1, -0.05) is 13.3 Å². The Bertz CT molecular complexity index is 656. The van der Waals surface area contributed by atoms with Crippen LogP contribution in [-0.4, -0.2) is 20.9 Å². The van der Waals surface area contributed by atoms with E-state index in [4.69, 9.17) is 10.7 Å². The van der Waals surface area contributed by atoms with Crippen molar-refractivity contribution in [1.82, 2.24) is 5.32 Å². The highest BCUT2D eigenvalue weighted by Crippen LogP contribution is 2.48. The summed E-state index contributed by atoms with van der Waals surface area (Å²) in [6, 6.07) is 4.17. The Labute approximate surface area is 137 Å². The summed E-state index contributed by atoms with van der Waals surface area (Å²) in [4.78, 5) is 12.2. The Hall–Kier alpha value is -0.590. The van der Waals surface area contributed by atoms with E-state index in [9.17, 15) is 13.2 Å². The molecule has 1 aliphatic carbocycles. The van der Waals surface area contributed by atoms with E-state index < -0.39 is 9.05 Å². The van der Waals surface area contributed by atoms with Crippen molar-refractivity contribution >= 4 is 41.6 Å². The highest BCUT2D eigenvalue weighted by molar-refractivity contribution is 9.10. The second-order valence-electron chi connectivity index (χ2n) is 5.51. The molecule has 0 saturated heterocycles. The summed E-state index contributed by atoms with van der Waals surface area (Å²) in [5.41, 5.74) is 0.525. The van der Waals surface area contributed by atoms with Crippen molar-refractivity contribution in [2.45, 2.75) is 37.5 Å². The van der Waals surface area contributed by atoms with Crippen molar-refractivity contribution in [2.75, 3.05) is 6.54 Å². The molecule has 116 valence electrons. The SMILES string of the molecule is CCCC1(CNC(=O)c2cc(S(=O)(=O)Cl)ccc2Br)CC1. The number of carbonyl (C=O) groups is 1. The molecule has 1 amide bonds. The lowest BCUT2D eigenvalue weighted by Crippen LogP contribution is -2.30. The van der Waals surface area contributed by atoms with Crippen LogP contribution in [-0.2, 0) is 9.05 Å². The van der Waals surface area contributed by atoms with Gasteiger partial charge in [-0.15, -0.1) is 0 Å². The zero-order valence-corrected chi connectivity index (χ0v) is 14.8. The molecule has 7 heteroatoms. The minimum atomic E-state index is -3.84. The van der Waals surface area contributed by atoms with E-state index in [1.54, 1.807) is 0 Å². The number of hydrogen-bond acceptors (Lipinski definition) is 3. The van der Waals surface area contributed by atoms with E-state index in [-0.39, 0.29) is 21.8 Å². The van der Waals surface area contributed by atoms with Crippen LogP contribution in [0.1, 0.15) is 43.0 Å². The summed E-state index contributed by atoms with van der Waals surface area (Å²) < 4.78 is 23.2. The number of benzene rings is 1. The molecule has 0 unspecified atom stereocenters. The van der Waals surface area contributed by atoms with Gasteiger partial charge in [0.15, 0.2) is 0 Å². The average molecular weight is 395 g/mol. The second kappa shape index (κ2) is 6.26. The fourth-order valence-electron chi connectivity index (χ4n) is 2.42. The molecule has 4 nitrogen and oxygen atoms in total. The normalized spacial score (nSPS) is 16.5. The van der Waals surface area contributed by atoms with Gasteiger partial charge in [0.05, 0.1) is 10.5 Å². The first-order chi connectivity index (χ1) is 9.77. The van der Waals surface area contributed by atoms with Gasteiger partial charge in [0.2, 0.25) is 0 Å². The van der Waals surface area contributed by atoms with E-state index in [0.29, 0.717) is 11.0 Å². The molecule has 21 heavy (non-hydrogen) atoms. The van der Waals surface area contributed by atoms with Crippen LogP contribution in [0.2, 0.25) is 0 Å². The van der Waals surface area contributed by atoms with Crippen LogP contribution in [0.3, 0.4) is 0 Å². The summed E-state index contributed by atoms with van der Waals surface area (Å²) in [5, 5.41) is 2.90. The molecule has 1 N–H and O–H groups in total. The van der Waals surface area contributed by atoms with Crippen molar-refractivity contribution in [3.8, 4) is 0 Å². The average Bonchev–Trinajstić information content (AvgIpc) is 3.16. The highest BCUT2D eigenvalue weighted by atomic mass is 79.9. The van der Waals surface area contributed by atoms with Gasteiger partial charge < -0.3 is 5.32 Å². The summed E-state index contributed by atoms with van der Waals surface area (Å²) in [5.74, 6) is -0.286. The standard InChI is InChI=1S/C14H17BrClNO3S/c1-2-5-14(6-7-14)9-17-13(18)11-8-10(21(16,19)20)3-4-12(11)15/h3-4,8H,2,5-7,9H2,1H3,(H,17,18). The number of carbonyl (C=O) groups excluding carboxylic acids is 1. The van der Waals surface area contributed by atoms with Crippen LogP contribution in [0.25, 0.3) is 0 Å². The predicted octanol–water partition coefficient (Wildman–Crippen LogP) is 3.69. The Balaban J connectivity index is 2.12. The van der Waals surface area contributed by atoms with E-state index in [0.717, 1.165) is 25.7 Å². The molecule has 2 rings (SSSR count). The monoisotopic (exact) mass is 393 g/mol. The van der Waals surface area contributed by atoms with Gasteiger partial charge in [-0.3, -0.25) is 4.79 Å². The molecule has 1 aliphatic rings. The number of rotatable bonds is 6. The van der Waals surface area contributed by atoms with Crippen LogP contribution >= 0.6 is 26.6 Å². The first-order valence-electron chi connectivity index (χ1n) is 6.80. The summed E-state index contributed by atoms with van der Waals surface area (Å²) >= 11 is 3.27. The third kappa shape index (κ3) is 4.20. The molecule has 0 aliphatic heterocycles. The van der Waals surface area contributed by atoms with Crippen molar-refractivity contribution in [3.05, 3.63) is 28.2 Å². The zero-order valence-electron chi connectivity index (χ0n) is 11.7. The maximum atomic E-state index is 12.2. The number of nitrogens with one attached hydrogen (secondary N) is 1. The van der Waals surface area contributed by atoms with Crippen molar-refractivity contribution < 1.29 is 13.2 Å². The summed E-state index contributed by atoms with van der Waals surface area (Å²) in [7, 11) is 1.47. The third-order valence-electron chi connectivity index (χ3n) is 3.83. The maximum Gasteiger partial charge on any atom is 0.261 e. The number of hydrogen-bond donors (Lipinski definition) is 1. The topological polar surface area (TPSA) is 63.2 Å². The first kappa shape index (κ1) is 16.8. The Morgan fingerprint density at radius 3 is 2.62 bits per heavy atom. The van der Waals surface area contributed by atoms with Crippen LogP contribution < -0.4 is 5.32 Å². The van der Waals surface area contributed by atoms with Crippen molar-refractivity contribution in [2.24, 2.45) is 5.41 Å². The molecule has 1 saturated carbocycles. The Morgan fingerprint density at radius 1 is 1.43 bits per heavy atom. The second-order valence-corrected chi connectivity index (χ2v) is 8.93. The molecular formula is C14H17BrClNO3S. The number of amides is 1. The lowest BCUT2D eigenvalue weighted by Gasteiger charge is -2.15. The van der Waals surface area contributed by atoms with Crippen molar-refractivity contribution in [1.29, 1.82) is 0 Å². The van der Waals surface area contributed by atoms with E-state index in [1.165, 1.54) is 18.2 Å². The van der Waals surface area contributed by atoms with Gasteiger partial charge in [-0.05, 0) is 58.8 Å². The molecule has 0 atom stereocenters. The molecule has 0 bridgehead atoms. The van der Waals surface area contributed by atoms with Crippen molar-refractivity contribution in [3.63, 3.8) is 0 Å². The minimum Gasteiger partial charge on any atom is -0.351 e. The Kier molecular flexibility index (Phi) is 5.00. The molecule has 1 aromatic rings. The molecule has 1 fully saturated rings. The minimum absolute atomic E-state index is 0.0767. The molecule has 0 heterocycles. The van der Waals surface area contributed by atoms with Gasteiger partial charge in [0.25, 0.3) is 15.0 Å². The van der Waals surface area contributed by atoms with Crippen LogP contribution in [0.15, 0.2) is 27.6 Å². The predicted molar refractivity (Wildman–Crippen MR) is 86.1 cm³/mol.